The second-order valence-electron chi connectivity index (χ2n) is 6.08. The highest BCUT2D eigenvalue weighted by molar-refractivity contribution is 8.00. The lowest BCUT2D eigenvalue weighted by Crippen LogP contribution is -2.31. The van der Waals surface area contributed by atoms with Gasteiger partial charge in [-0.15, -0.1) is 0 Å². The first kappa shape index (κ1) is 19.0. The van der Waals surface area contributed by atoms with E-state index in [4.69, 9.17) is 4.74 Å². The van der Waals surface area contributed by atoms with E-state index >= 15 is 0 Å². The van der Waals surface area contributed by atoms with Crippen LogP contribution in [0.3, 0.4) is 0 Å². The summed E-state index contributed by atoms with van der Waals surface area (Å²) in [4.78, 5) is 46.7. The molecule has 7 nitrogen and oxygen atoms in total. The number of carbonyl (C=O) groups is 3. The van der Waals surface area contributed by atoms with Crippen molar-refractivity contribution in [3.63, 3.8) is 0 Å². The molecule has 2 amide bonds. The van der Waals surface area contributed by atoms with Crippen LogP contribution in [0.4, 0.5) is 5.69 Å². The Morgan fingerprint density at radius 3 is 2.41 bits per heavy atom. The molecule has 2 heterocycles. The highest BCUT2D eigenvalue weighted by Gasteiger charge is 2.40. The summed E-state index contributed by atoms with van der Waals surface area (Å²) in [7, 11) is 0. The van der Waals surface area contributed by atoms with E-state index < -0.39 is 11.2 Å². The van der Waals surface area contributed by atoms with Crippen LogP contribution in [0, 0.1) is 13.8 Å². The zero-order valence-corrected chi connectivity index (χ0v) is 16.1. The zero-order valence-electron chi connectivity index (χ0n) is 15.3. The van der Waals surface area contributed by atoms with Crippen molar-refractivity contribution in [1.82, 2.24) is 9.97 Å². The number of aromatic nitrogens is 2. The normalized spacial score (nSPS) is 16.7. The maximum absolute atomic E-state index is 12.7. The summed E-state index contributed by atoms with van der Waals surface area (Å²) in [5, 5.41) is -0.0819. The summed E-state index contributed by atoms with van der Waals surface area (Å²) >= 11 is 1.20. The predicted molar refractivity (Wildman–Crippen MR) is 101 cm³/mol. The molecule has 0 radical (unpaired) electrons. The Bertz CT molecular complexity index is 878. The monoisotopic (exact) mass is 385 g/mol. The summed E-state index contributed by atoms with van der Waals surface area (Å²) in [6.45, 7) is 5.73. The van der Waals surface area contributed by atoms with Gasteiger partial charge in [-0.25, -0.2) is 19.7 Å². The Kier molecular flexibility index (Phi) is 5.55. The Balaban J connectivity index is 1.76. The third-order valence-corrected chi connectivity index (χ3v) is 5.00. The number of amides is 2. The first-order chi connectivity index (χ1) is 12.9. The minimum Gasteiger partial charge on any atom is -0.462 e. The van der Waals surface area contributed by atoms with E-state index in [0.29, 0.717) is 16.4 Å². The van der Waals surface area contributed by atoms with Gasteiger partial charge in [-0.1, -0.05) is 11.8 Å². The number of anilines is 1. The number of imide groups is 1. The molecule has 1 aromatic heterocycles. The Morgan fingerprint density at radius 1 is 1.19 bits per heavy atom. The third kappa shape index (κ3) is 4.16. The SMILES string of the molecule is CCOC(=O)c1ccc(N2C(=O)C[C@@H](Sc3nc(C)cc(C)n3)C2=O)cc1. The number of nitrogens with zero attached hydrogens (tertiary/aromatic N) is 3. The lowest BCUT2D eigenvalue weighted by atomic mass is 10.2. The number of aryl methyl sites for hydroxylation is 2. The summed E-state index contributed by atoms with van der Waals surface area (Å²) in [6, 6.07) is 8.08. The van der Waals surface area contributed by atoms with E-state index in [9.17, 15) is 14.4 Å². The van der Waals surface area contributed by atoms with Crippen LogP contribution >= 0.6 is 11.8 Å². The fraction of sp³-hybridized carbons (Fsp3) is 0.316. The standard InChI is InChI=1S/C19H19N3O4S/c1-4-26-18(25)13-5-7-14(8-6-13)22-16(23)10-15(17(22)24)27-19-20-11(2)9-12(3)21-19/h5-9,15H,4,10H2,1-3H3/t15-/m1/s1. The molecule has 8 heteroatoms. The smallest absolute Gasteiger partial charge is 0.338 e. The van der Waals surface area contributed by atoms with E-state index in [2.05, 4.69) is 9.97 Å². The van der Waals surface area contributed by atoms with Crippen molar-refractivity contribution >= 4 is 35.2 Å². The van der Waals surface area contributed by atoms with Crippen molar-refractivity contribution in [2.75, 3.05) is 11.5 Å². The number of benzene rings is 1. The highest BCUT2D eigenvalue weighted by Crippen LogP contribution is 2.32. The number of ether oxygens (including phenoxy) is 1. The molecule has 0 aliphatic carbocycles. The number of hydrogen-bond acceptors (Lipinski definition) is 7. The second-order valence-corrected chi connectivity index (χ2v) is 7.25. The Hall–Kier alpha value is -2.74. The molecule has 0 unspecified atom stereocenters. The van der Waals surface area contributed by atoms with Gasteiger partial charge >= 0.3 is 5.97 Å². The van der Waals surface area contributed by atoms with Gasteiger partial charge in [0.2, 0.25) is 11.8 Å². The first-order valence-corrected chi connectivity index (χ1v) is 9.40. The molecule has 1 fully saturated rings. The van der Waals surface area contributed by atoms with Crippen LogP contribution in [0.25, 0.3) is 0 Å². The van der Waals surface area contributed by atoms with E-state index in [1.54, 1.807) is 31.2 Å². The summed E-state index contributed by atoms with van der Waals surface area (Å²) in [5.41, 5.74) is 2.43. The fourth-order valence-corrected chi connectivity index (χ4v) is 3.88. The molecule has 27 heavy (non-hydrogen) atoms. The molecule has 1 aliphatic rings. The maximum Gasteiger partial charge on any atom is 0.338 e. The third-order valence-electron chi connectivity index (χ3n) is 3.95. The number of thioether (sulfide) groups is 1. The van der Waals surface area contributed by atoms with E-state index in [0.717, 1.165) is 16.3 Å². The summed E-state index contributed by atoms with van der Waals surface area (Å²) in [5.74, 6) is -1.04. The molecule has 1 aliphatic heterocycles. The number of esters is 1. The highest BCUT2D eigenvalue weighted by atomic mass is 32.2. The van der Waals surface area contributed by atoms with Gasteiger partial charge in [0, 0.05) is 17.8 Å². The van der Waals surface area contributed by atoms with Crippen molar-refractivity contribution < 1.29 is 19.1 Å². The van der Waals surface area contributed by atoms with Crippen LogP contribution in [0.5, 0.6) is 0 Å². The van der Waals surface area contributed by atoms with Crippen LogP contribution in [0.2, 0.25) is 0 Å². The molecule has 140 valence electrons. The van der Waals surface area contributed by atoms with E-state index in [1.807, 2.05) is 19.9 Å². The van der Waals surface area contributed by atoms with Gasteiger partial charge in [-0.3, -0.25) is 9.59 Å². The van der Waals surface area contributed by atoms with Crippen LogP contribution in [-0.4, -0.2) is 39.6 Å². The lowest BCUT2D eigenvalue weighted by Gasteiger charge is -2.15. The number of rotatable bonds is 5. The molecule has 1 atom stereocenters. The molecule has 1 aromatic carbocycles. The van der Waals surface area contributed by atoms with Crippen molar-refractivity contribution in [2.24, 2.45) is 0 Å². The quantitative estimate of drug-likeness (QED) is 0.444. The molecule has 0 spiro atoms. The van der Waals surface area contributed by atoms with Crippen LogP contribution in [0.1, 0.15) is 35.1 Å². The molecular weight excluding hydrogens is 366 g/mol. The number of carbonyl (C=O) groups excluding carboxylic acids is 3. The van der Waals surface area contributed by atoms with Crippen LogP contribution in [-0.2, 0) is 14.3 Å². The van der Waals surface area contributed by atoms with Gasteiger partial charge in [0.1, 0.15) is 5.25 Å². The average molecular weight is 385 g/mol. The van der Waals surface area contributed by atoms with Gasteiger partial charge in [0.05, 0.1) is 17.9 Å². The van der Waals surface area contributed by atoms with Gasteiger partial charge in [0.15, 0.2) is 5.16 Å². The van der Waals surface area contributed by atoms with Gasteiger partial charge in [-0.05, 0) is 51.1 Å². The van der Waals surface area contributed by atoms with E-state index in [1.165, 1.54) is 11.8 Å². The largest absolute Gasteiger partial charge is 0.462 e. The first-order valence-electron chi connectivity index (χ1n) is 8.52. The molecule has 2 aromatic rings. The van der Waals surface area contributed by atoms with Crippen molar-refractivity contribution in [2.45, 2.75) is 37.6 Å². The Labute approximate surface area is 161 Å². The van der Waals surface area contributed by atoms with Crippen molar-refractivity contribution in [3.8, 4) is 0 Å². The second kappa shape index (κ2) is 7.87. The fourth-order valence-electron chi connectivity index (χ4n) is 2.80. The molecule has 0 bridgehead atoms. The lowest BCUT2D eigenvalue weighted by molar-refractivity contribution is -0.121. The molecule has 3 rings (SSSR count). The Morgan fingerprint density at radius 2 is 1.81 bits per heavy atom. The van der Waals surface area contributed by atoms with Gasteiger partial charge < -0.3 is 4.74 Å². The van der Waals surface area contributed by atoms with E-state index in [-0.39, 0.29) is 24.8 Å². The molecular formula is C19H19N3O4S. The van der Waals surface area contributed by atoms with Crippen molar-refractivity contribution in [3.05, 3.63) is 47.3 Å². The van der Waals surface area contributed by atoms with Crippen LogP contribution < -0.4 is 4.90 Å². The number of hydrogen-bond donors (Lipinski definition) is 0. The minimum atomic E-state index is -0.566. The summed E-state index contributed by atoms with van der Waals surface area (Å²) in [6.07, 6.45) is 0.0828. The van der Waals surface area contributed by atoms with Gasteiger partial charge in [-0.2, -0.15) is 0 Å². The minimum absolute atomic E-state index is 0.0828. The predicted octanol–water partition coefficient (Wildman–Crippen LogP) is 2.69. The topological polar surface area (TPSA) is 89.5 Å². The van der Waals surface area contributed by atoms with Crippen LogP contribution in [0.15, 0.2) is 35.5 Å². The van der Waals surface area contributed by atoms with Crippen molar-refractivity contribution in [1.29, 1.82) is 0 Å². The zero-order chi connectivity index (χ0) is 19.6. The molecule has 1 saturated heterocycles. The molecule has 0 N–H and O–H groups in total. The van der Waals surface area contributed by atoms with Gasteiger partial charge in [0.25, 0.3) is 0 Å². The molecule has 0 saturated carbocycles. The average Bonchev–Trinajstić information content (AvgIpc) is 2.88. The summed E-state index contributed by atoms with van der Waals surface area (Å²) < 4.78 is 4.93. The maximum atomic E-state index is 12.7.